The molecule has 7 rings (SSSR count). The number of benzene rings is 4. The Balaban J connectivity index is 0.00000160. The molecule has 0 aliphatic heterocycles. The molecule has 0 unspecified atom stereocenters. The second-order valence-electron chi connectivity index (χ2n) is 13.2. The lowest BCUT2D eigenvalue weighted by molar-refractivity contribution is 0.825. The van der Waals surface area contributed by atoms with Crippen LogP contribution in [0.1, 0.15) is 83.3 Å². The molecule has 6 aromatic rings. The molecule has 6 nitrogen and oxygen atoms in total. The Hall–Kier alpha value is -6.79. The number of aromatic nitrogens is 4. The Morgan fingerprint density at radius 2 is 1.47 bits per heavy atom. The minimum absolute atomic E-state index is 0.762. The average molecular weight is 779 g/mol. The molecule has 0 spiro atoms. The van der Waals surface area contributed by atoms with Gasteiger partial charge >= 0.3 is 0 Å². The van der Waals surface area contributed by atoms with Crippen molar-refractivity contribution in [2.75, 3.05) is 11.4 Å². The molecule has 0 saturated carbocycles. The maximum absolute atomic E-state index is 5.27. The number of anilines is 2. The van der Waals surface area contributed by atoms with Crippen molar-refractivity contribution < 1.29 is 0 Å². The smallest absolute Gasteiger partial charge is 0.145 e. The third kappa shape index (κ3) is 10.0. The summed E-state index contributed by atoms with van der Waals surface area (Å²) in [5, 5.41) is 0. The molecule has 0 amide bonds. The molecule has 0 bridgehead atoms. The number of allylic oxidation sites excluding steroid dienone is 10. The number of nitrogens with zero attached hydrogens (tertiary/aromatic N) is 6. The van der Waals surface area contributed by atoms with Gasteiger partial charge in [-0.1, -0.05) is 139 Å². The van der Waals surface area contributed by atoms with Gasteiger partial charge in [-0.25, -0.2) is 9.97 Å². The first-order chi connectivity index (χ1) is 29.1. The third-order valence-electron chi connectivity index (χ3n) is 9.76. The van der Waals surface area contributed by atoms with E-state index in [1.807, 2.05) is 64.1 Å². The zero-order valence-corrected chi connectivity index (χ0v) is 35.4. The lowest BCUT2D eigenvalue weighted by Gasteiger charge is -2.26. The van der Waals surface area contributed by atoms with Crippen molar-refractivity contribution in [2.24, 2.45) is 4.99 Å². The zero-order valence-electron chi connectivity index (χ0n) is 35.4. The summed E-state index contributed by atoms with van der Waals surface area (Å²) < 4.78 is 4.48. The summed E-state index contributed by atoms with van der Waals surface area (Å²) in [6, 6.07) is 37.4. The summed E-state index contributed by atoms with van der Waals surface area (Å²) >= 11 is 0. The first-order valence-electron chi connectivity index (χ1n) is 20.9. The van der Waals surface area contributed by atoms with Crippen LogP contribution >= 0.6 is 0 Å². The quantitative estimate of drug-likeness (QED) is 0.0593. The van der Waals surface area contributed by atoms with E-state index in [2.05, 4.69) is 173 Å². The summed E-state index contributed by atoms with van der Waals surface area (Å²) in [6.45, 7) is 23.2. The van der Waals surface area contributed by atoms with Crippen LogP contribution < -0.4 is 4.90 Å². The Morgan fingerprint density at radius 3 is 2.19 bits per heavy atom. The van der Waals surface area contributed by atoms with Gasteiger partial charge in [0.2, 0.25) is 0 Å². The number of rotatable bonds is 15. The zero-order chi connectivity index (χ0) is 42.0. The fourth-order valence-electron chi connectivity index (χ4n) is 7.12. The third-order valence-corrected chi connectivity index (χ3v) is 9.76. The fraction of sp³-hybridized carbons (Fsp3) is 0.189. The molecule has 2 aromatic heterocycles. The second kappa shape index (κ2) is 22.2. The van der Waals surface area contributed by atoms with Crippen LogP contribution in [0.15, 0.2) is 170 Å². The highest BCUT2D eigenvalue weighted by Gasteiger charge is 2.21. The van der Waals surface area contributed by atoms with Crippen molar-refractivity contribution in [3.05, 3.63) is 188 Å². The molecule has 0 N–H and O–H groups in total. The number of hydrogen-bond donors (Lipinski definition) is 0. The van der Waals surface area contributed by atoms with E-state index in [1.54, 1.807) is 0 Å². The lowest BCUT2D eigenvalue weighted by atomic mass is 10.0. The summed E-state index contributed by atoms with van der Waals surface area (Å²) in [6.07, 6.45) is 22.3. The molecule has 0 atom stereocenters. The first-order valence-corrected chi connectivity index (χ1v) is 20.9. The minimum atomic E-state index is 0.762. The van der Waals surface area contributed by atoms with Crippen LogP contribution in [0.3, 0.4) is 0 Å². The van der Waals surface area contributed by atoms with Gasteiger partial charge in [-0.2, -0.15) is 0 Å². The average Bonchev–Trinajstić information content (AvgIpc) is 3.76. The van der Waals surface area contributed by atoms with Gasteiger partial charge in [0.25, 0.3) is 0 Å². The molecule has 2 heterocycles. The number of hydrogen-bond acceptors (Lipinski definition) is 4. The van der Waals surface area contributed by atoms with Gasteiger partial charge in [0, 0.05) is 29.2 Å². The SMILES string of the molecule is C=Cc1nc(C(=C/CCCN(c2ccccc2)c2ccccc2N=C)/C=C(\CC)c2nc3ccccc3n2C2=CCC=CC=C2)n(-c2ccccc2)c1C=C.CC.CC. The van der Waals surface area contributed by atoms with E-state index in [0.29, 0.717) is 0 Å². The largest absolute Gasteiger partial charge is 0.340 e. The Morgan fingerprint density at radius 1 is 0.780 bits per heavy atom. The Labute approximate surface area is 352 Å². The summed E-state index contributed by atoms with van der Waals surface area (Å²) in [5.41, 5.74) is 10.9. The standard InChI is InChI=1S/C49H46N6.2C2H6/c1-5-37(48-52-44-32-19-21-34-47(44)55(48)41-27-12-8-9-13-28-41)36-38(49-51-42(6-2)45(7-3)54(49)40-29-16-11-17-30-40)24-22-23-35-53(39-25-14-10-15-26-39)46-33-20-18-31-43(46)50-4;2*1-2/h6-12,14-21,24-34,36H,2-5,13,22-23,35H2,1H3;2*1-2H3/b37-36+,38-24+;;. The van der Waals surface area contributed by atoms with E-state index in [9.17, 15) is 0 Å². The van der Waals surface area contributed by atoms with Crippen molar-refractivity contribution in [1.29, 1.82) is 0 Å². The Kier molecular flexibility index (Phi) is 16.3. The minimum Gasteiger partial charge on any atom is -0.340 e. The second-order valence-corrected chi connectivity index (χ2v) is 13.2. The lowest BCUT2D eigenvalue weighted by Crippen LogP contribution is -2.18. The van der Waals surface area contributed by atoms with Gasteiger partial charge in [0.1, 0.15) is 11.6 Å². The molecule has 0 saturated heterocycles. The topological polar surface area (TPSA) is 51.2 Å². The van der Waals surface area contributed by atoms with E-state index >= 15 is 0 Å². The molecule has 4 aromatic carbocycles. The highest BCUT2D eigenvalue weighted by atomic mass is 15.1. The molecule has 300 valence electrons. The summed E-state index contributed by atoms with van der Waals surface area (Å²) in [4.78, 5) is 17.2. The number of unbranched alkanes of at least 4 members (excludes halogenated alkanes) is 1. The first kappa shape index (κ1) is 43.3. The Bertz CT molecular complexity index is 2470. The number of imidazole rings is 2. The molecular weight excluding hydrogens is 721 g/mol. The van der Waals surface area contributed by atoms with Gasteiger partial charge in [0.05, 0.1) is 33.8 Å². The number of para-hydroxylation sites is 6. The molecule has 1 aliphatic rings. The van der Waals surface area contributed by atoms with Crippen LogP contribution in [0.4, 0.5) is 17.1 Å². The predicted molar refractivity (Wildman–Crippen MR) is 258 cm³/mol. The monoisotopic (exact) mass is 778 g/mol. The van der Waals surface area contributed by atoms with Crippen molar-refractivity contribution in [3.63, 3.8) is 0 Å². The van der Waals surface area contributed by atoms with Crippen molar-refractivity contribution in [1.82, 2.24) is 19.1 Å². The van der Waals surface area contributed by atoms with Crippen LogP contribution in [-0.4, -0.2) is 32.4 Å². The maximum Gasteiger partial charge on any atom is 0.145 e. The van der Waals surface area contributed by atoms with E-state index < -0.39 is 0 Å². The molecule has 0 radical (unpaired) electrons. The highest BCUT2D eigenvalue weighted by molar-refractivity contribution is 5.89. The van der Waals surface area contributed by atoms with E-state index in [1.165, 1.54) is 0 Å². The number of aliphatic imine (C=N–C) groups is 1. The molecule has 59 heavy (non-hydrogen) atoms. The van der Waals surface area contributed by atoms with Gasteiger partial charge in [0.15, 0.2) is 0 Å². The van der Waals surface area contributed by atoms with Crippen molar-refractivity contribution >= 4 is 63.8 Å². The van der Waals surface area contributed by atoms with Crippen LogP contribution in [0.25, 0.3) is 45.7 Å². The van der Waals surface area contributed by atoms with Crippen molar-refractivity contribution in [2.45, 2.75) is 60.3 Å². The summed E-state index contributed by atoms with van der Waals surface area (Å²) in [7, 11) is 0. The number of fused-ring (bicyclic) bond motifs is 1. The molecule has 6 heteroatoms. The predicted octanol–water partition coefficient (Wildman–Crippen LogP) is 14.7. The van der Waals surface area contributed by atoms with Gasteiger partial charge < -0.3 is 4.90 Å². The fourth-order valence-corrected chi connectivity index (χ4v) is 7.12. The van der Waals surface area contributed by atoms with Gasteiger partial charge in [-0.15, -0.1) is 0 Å². The van der Waals surface area contributed by atoms with Crippen LogP contribution in [0, 0.1) is 0 Å². The van der Waals surface area contributed by atoms with Gasteiger partial charge in [-0.3, -0.25) is 14.1 Å². The van der Waals surface area contributed by atoms with Crippen LogP contribution in [-0.2, 0) is 0 Å². The van der Waals surface area contributed by atoms with Crippen LogP contribution in [0.5, 0.6) is 0 Å². The van der Waals surface area contributed by atoms with E-state index in [0.717, 1.165) is 106 Å². The molecule has 1 aliphatic carbocycles. The van der Waals surface area contributed by atoms with E-state index in [-0.39, 0.29) is 0 Å². The molecule has 0 fully saturated rings. The van der Waals surface area contributed by atoms with Gasteiger partial charge in [-0.05, 0) is 111 Å². The van der Waals surface area contributed by atoms with E-state index in [4.69, 9.17) is 9.97 Å². The summed E-state index contributed by atoms with van der Waals surface area (Å²) in [5.74, 6) is 1.74. The normalized spacial score (nSPS) is 12.4. The molecular formula is C53H58N6. The maximum atomic E-state index is 5.27. The highest BCUT2D eigenvalue weighted by Crippen LogP contribution is 2.36. The van der Waals surface area contributed by atoms with Crippen LogP contribution in [0.2, 0.25) is 0 Å². The van der Waals surface area contributed by atoms with Crippen molar-refractivity contribution in [3.8, 4) is 5.69 Å².